The van der Waals surface area contributed by atoms with Crippen molar-refractivity contribution in [2.45, 2.75) is 18.9 Å². The molecule has 1 aliphatic rings. The van der Waals surface area contributed by atoms with E-state index in [4.69, 9.17) is 0 Å². The van der Waals surface area contributed by atoms with Crippen LogP contribution in [0.4, 0.5) is 5.95 Å². The van der Waals surface area contributed by atoms with E-state index in [9.17, 15) is 9.90 Å². The van der Waals surface area contributed by atoms with Crippen LogP contribution in [0.15, 0.2) is 41.3 Å². The predicted molar refractivity (Wildman–Crippen MR) is 86.9 cm³/mol. The number of aliphatic hydroxyl groups is 1. The van der Waals surface area contributed by atoms with E-state index < -0.39 is 5.60 Å². The smallest absolute Gasteiger partial charge is 0.263 e. The molecule has 2 N–H and O–H groups in total. The normalized spacial score (nSPS) is 16.5. The van der Waals surface area contributed by atoms with E-state index in [1.807, 2.05) is 42.2 Å². The van der Waals surface area contributed by atoms with Crippen LogP contribution in [0.1, 0.15) is 13.3 Å². The van der Waals surface area contributed by atoms with Crippen LogP contribution in [-0.4, -0.2) is 43.5 Å². The molecule has 0 saturated carbocycles. The summed E-state index contributed by atoms with van der Waals surface area (Å²) in [7, 11) is 0. The van der Waals surface area contributed by atoms with E-state index in [1.165, 1.54) is 6.20 Å². The maximum absolute atomic E-state index is 12.3. The highest BCUT2D eigenvalue weighted by molar-refractivity contribution is 5.76. The lowest BCUT2D eigenvalue weighted by Gasteiger charge is -2.46. The summed E-state index contributed by atoms with van der Waals surface area (Å²) in [6.07, 6.45) is 2.20. The number of para-hydroxylation sites is 1. The van der Waals surface area contributed by atoms with Gasteiger partial charge in [-0.15, -0.1) is 0 Å². The Morgan fingerprint density at radius 2 is 2.04 bits per heavy atom. The van der Waals surface area contributed by atoms with E-state index in [1.54, 1.807) is 4.68 Å². The SMILES string of the molecule is CCC1(O)CN(c2nc3c(cnn3-c3ccccc3)c(=O)[nH]2)C1. The van der Waals surface area contributed by atoms with Crippen molar-refractivity contribution in [3.63, 3.8) is 0 Å². The Morgan fingerprint density at radius 1 is 1.30 bits per heavy atom. The van der Waals surface area contributed by atoms with Crippen molar-refractivity contribution in [1.82, 2.24) is 19.7 Å². The minimum Gasteiger partial charge on any atom is -0.386 e. The van der Waals surface area contributed by atoms with Gasteiger partial charge in [0.05, 0.1) is 30.6 Å². The molecule has 0 spiro atoms. The first kappa shape index (κ1) is 14.0. The van der Waals surface area contributed by atoms with Crippen molar-refractivity contribution in [2.24, 2.45) is 0 Å². The molecule has 3 heterocycles. The fourth-order valence-electron chi connectivity index (χ4n) is 2.85. The third-order valence-corrected chi connectivity index (χ3v) is 4.35. The predicted octanol–water partition coefficient (Wildman–Crippen LogP) is 1.07. The van der Waals surface area contributed by atoms with E-state index >= 15 is 0 Å². The van der Waals surface area contributed by atoms with E-state index in [0.29, 0.717) is 36.5 Å². The molecule has 7 nitrogen and oxygen atoms in total. The third kappa shape index (κ3) is 2.20. The molecule has 1 fully saturated rings. The minimum atomic E-state index is -0.687. The van der Waals surface area contributed by atoms with Crippen LogP contribution in [0.5, 0.6) is 0 Å². The van der Waals surface area contributed by atoms with Crippen molar-refractivity contribution in [3.8, 4) is 5.69 Å². The summed E-state index contributed by atoms with van der Waals surface area (Å²) in [4.78, 5) is 21.5. The van der Waals surface area contributed by atoms with Crippen molar-refractivity contribution in [3.05, 3.63) is 46.9 Å². The summed E-state index contributed by atoms with van der Waals surface area (Å²) in [5, 5.41) is 14.9. The summed E-state index contributed by atoms with van der Waals surface area (Å²) in [6, 6.07) is 9.57. The second kappa shape index (κ2) is 4.92. The van der Waals surface area contributed by atoms with Crippen LogP contribution < -0.4 is 10.5 Å². The second-order valence-corrected chi connectivity index (χ2v) is 5.95. The molecule has 1 aromatic carbocycles. The Labute approximate surface area is 132 Å². The maximum Gasteiger partial charge on any atom is 0.263 e. The Hall–Kier alpha value is -2.67. The largest absolute Gasteiger partial charge is 0.386 e. The molecule has 118 valence electrons. The van der Waals surface area contributed by atoms with Crippen molar-refractivity contribution in [1.29, 1.82) is 0 Å². The quantitative estimate of drug-likeness (QED) is 0.755. The lowest BCUT2D eigenvalue weighted by atomic mass is 9.92. The monoisotopic (exact) mass is 311 g/mol. The van der Waals surface area contributed by atoms with Gasteiger partial charge < -0.3 is 10.0 Å². The molecule has 0 radical (unpaired) electrons. The van der Waals surface area contributed by atoms with Crippen LogP contribution in [-0.2, 0) is 0 Å². The zero-order valence-corrected chi connectivity index (χ0v) is 12.7. The van der Waals surface area contributed by atoms with E-state index in [-0.39, 0.29) is 5.56 Å². The summed E-state index contributed by atoms with van der Waals surface area (Å²) in [5.74, 6) is 0.471. The number of H-pyrrole nitrogens is 1. The van der Waals surface area contributed by atoms with Crippen molar-refractivity contribution < 1.29 is 5.11 Å². The fourth-order valence-corrected chi connectivity index (χ4v) is 2.85. The molecule has 7 heteroatoms. The third-order valence-electron chi connectivity index (χ3n) is 4.35. The van der Waals surface area contributed by atoms with Crippen molar-refractivity contribution in [2.75, 3.05) is 18.0 Å². The molecule has 3 aromatic rings. The van der Waals surface area contributed by atoms with Crippen LogP contribution in [0.25, 0.3) is 16.7 Å². The standard InChI is InChI=1S/C16H17N5O2/c1-2-16(23)9-20(10-16)15-18-13-12(14(22)19-15)8-17-21(13)11-6-4-3-5-7-11/h3-8,23H,2,9-10H2,1H3,(H,18,19,22). The molecular formula is C16H17N5O2. The van der Waals surface area contributed by atoms with Crippen LogP contribution in [0, 0.1) is 0 Å². The van der Waals surface area contributed by atoms with E-state index in [2.05, 4.69) is 15.1 Å². The second-order valence-electron chi connectivity index (χ2n) is 5.95. The first-order valence-electron chi connectivity index (χ1n) is 7.60. The Morgan fingerprint density at radius 3 is 2.74 bits per heavy atom. The molecule has 4 rings (SSSR count). The lowest BCUT2D eigenvalue weighted by Crippen LogP contribution is -2.62. The highest BCUT2D eigenvalue weighted by atomic mass is 16.3. The summed E-state index contributed by atoms with van der Waals surface area (Å²) in [6.45, 7) is 2.88. The van der Waals surface area contributed by atoms with Crippen molar-refractivity contribution >= 4 is 17.0 Å². The van der Waals surface area contributed by atoms with Gasteiger partial charge >= 0.3 is 0 Å². The highest BCUT2D eigenvalue weighted by Crippen LogP contribution is 2.27. The molecule has 0 atom stereocenters. The molecule has 0 bridgehead atoms. The zero-order valence-electron chi connectivity index (χ0n) is 12.7. The van der Waals surface area contributed by atoms with Crippen LogP contribution in [0.3, 0.4) is 0 Å². The lowest BCUT2D eigenvalue weighted by molar-refractivity contribution is 0.00757. The summed E-state index contributed by atoms with van der Waals surface area (Å²) >= 11 is 0. The fraction of sp³-hybridized carbons (Fsp3) is 0.312. The van der Waals surface area contributed by atoms with Crippen LogP contribution >= 0.6 is 0 Å². The van der Waals surface area contributed by atoms with Gasteiger partial charge in [-0.05, 0) is 18.6 Å². The minimum absolute atomic E-state index is 0.223. The first-order chi connectivity index (χ1) is 11.1. The molecule has 0 aliphatic carbocycles. The molecule has 1 saturated heterocycles. The Kier molecular flexibility index (Phi) is 2.99. The molecule has 0 unspecified atom stereocenters. The Bertz CT molecular complexity index is 909. The number of benzene rings is 1. The average molecular weight is 311 g/mol. The average Bonchev–Trinajstić information content (AvgIpc) is 2.97. The molecular weight excluding hydrogens is 294 g/mol. The molecule has 2 aromatic heterocycles. The summed E-state index contributed by atoms with van der Waals surface area (Å²) < 4.78 is 1.65. The zero-order chi connectivity index (χ0) is 16.0. The van der Waals surface area contributed by atoms with Gasteiger partial charge in [-0.25, -0.2) is 4.68 Å². The highest BCUT2D eigenvalue weighted by Gasteiger charge is 2.40. The molecule has 0 amide bonds. The summed E-state index contributed by atoms with van der Waals surface area (Å²) in [5.41, 5.74) is 0.453. The number of aromatic nitrogens is 4. The number of fused-ring (bicyclic) bond motifs is 1. The van der Waals surface area contributed by atoms with Gasteiger partial charge in [0.2, 0.25) is 5.95 Å². The topological polar surface area (TPSA) is 87.0 Å². The number of rotatable bonds is 3. The number of nitrogens with zero attached hydrogens (tertiary/aromatic N) is 4. The van der Waals surface area contributed by atoms with Gasteiger partial charge in [-0.3, -0.25) is 9.78 Å². The number of β-amino-alcohol motifs (C(OH)–C–C–N with tert-alkyl or cyclic N) is 1. The van der Waals surface area contributed by atoms with Gasteiger partial charge in [0.15, 0.2) is 5.65 Å². The van der Waals surface area contributed by atoms with Gasteiger partial charge in [-0.2, -0.15) is 10.1 Å². The number of nitrogens with one attached hydrogen (secondary N) is 1. The van der Waals surface area contributed by atoms with Gasteiger partial charge in [-0.1, -0.05) is 25.1 Å². The maximum atomic E-state index is 12.3. The number of anilines is 1. The molecule has 1 aliphatic heterocycles. The Balaban J connectivity index is 1.79. The van der Waals surface area contributed by atoms with Gasteiger partial charge in [0.25, 0.3) is 5.56 Å². The number of hydrogen-bond donors (Lipinski definition) is 2. The van der Waals surface area contributed by atoms with Gasteiger partial charge in [0, 0.05) is 0 Å². The first-order valence-corrected chi connectivity index (χ1v) is 7.60. The van der Waals surface area contributed by atoms with Gasteiger partial charge in [0.1, 0.15) is 5.39 Å². The number of aromatic amines is 1. The van der Waals surface area contributed by atoms with E-state index in [0.717, 1.165) is 5.69 Å². The number of hydrogen-bond acceptors (Lipinski definition) is 5. The molecule has 23 heavy (non-hydrogen) atoms. The van der Waals surface area contributed by atoms with Crippen LogP contribution in [0.2, 0.25) is 0 Å².